The molecule has 0 bridgehead atoms. The van der Waals surface area contributed by atoms with Gasteiger partial charge in [0.2, 0.25) is 0 Å². The molecule has 0 spiro atoms. The number of rotatable bonds is 5. The number of benzene rings is 1. The number of guanidine groups is 1. The fourth-order valence-corrected chi connectivity index (χ4v) is 2.73. The highest BCUT2D eigenvalue weighted by Crippen LogP contribution is 2.14. The second-order valence-electron chi connectivity index (χ2n) is 5.60. The molecule has 0 aliphatic rings. The number of fused-ring (bicyclic) bond motifs is 1. The highest BCUT2D eigenvalue weighted by Gasteiger charge is 2.06. The molecule has 126 valence electrons. The SMILES string of the molecule is CN=C(NCCn1c(C)nc2ccccc21)NCc1ccnn1C. The van der Waals surface area contributed by atoms with E-state index in [0.717, 1.165) is 41.6 Å². The van der Waals surface area contributed by atoms with E-state index in [1.807, 2.05) is 42.9 Å². The van der Waals surface area contributed by atoms with Crippen LogP contribution in [0.1, 0.15) is 11.5 Å². The van der Waals surface area contributed by atoms with Gasteiger partial charge in [0.05, 0.1) is 23.3 Å². The Morgan fingerprint density at radius 3 is 2.79 bits per heavy atom. The van der Waals surface area contributed by atoms with Crippen LogP contribution < -0.4 is 10.6 Å². The van der Waals surface area contributed by atoms with Crippen LogP contribution in [0.4, 0.5) is 0 Å². The quantitative estimate of drug-likeness (QED) is 0.550. The van der Waals surface area contributed by atoms with E-state index in [2.05, 4.69) is 36.3 Å². The van der Waals surface area contributed by atoms with E-state index in [1.165, 1.54) is 0 Å². The number of imidazole rings is 1. The summed E-state index contributed by atoms with van der Waals surface area (Å²) in [5.41, 5.74) is 3.30. The fraction of sp³-hybridized carbons (Fsp3) is 0.353. The first-order chi connectivity index (χ1) is 11.7. The topological polar surface area (TPSA) is 72.1 Å². The van der Waals surface area contributed by atoms with Crippen molar-refractivity contribution in [1.29, 1.82) is 0 Å². The minimum absolute atomic E-state index is 0.684. The first kappa shape index (κ1) is 16.0. The summed E-state index contributed by atoms with van der Waals surface area (Å²) in [6, 6.07) is 10.2. The molecular weight excluding hydrogens is 302 g/mol. The summed E-state index contributed by atoms with van der Waals surface area (Å²) in [6.07, 6.45) is 1.79. The van der Waals surface area contributed by atoms with E-state index in [9.17, 15) is 0 Å². The summed E-state index contributed by atoms with van der Waals surface area (Å²) >= 11 is 0. The molecule has 0 atom stereocenters. The third kappa shape index (κ3) is 3.40. The van der Waals surface area contributed by atoms with Crippen molar-refractivity contribution < 1.29 is 0 Å². The maximum absolute atomic E-state index is 4.59. The average Bonchev–Trinajstić information content (AvgIpc) is 3.13. The van der Waals surface area contributed by atoms with Gasteiger partial charge in [-0.15, -0.1) is 0 Å². The maximum atomic E-state index is 4.59. The number of aromatic nitrogens is 4. The molecule has 0 amide bonds. The molecule has 0 aliphatic carbocycles. The Labute approximate surface area is 141 Å². The van der Waals surface area contributed by atoms with Crippen molar-refractivity contribution in [3.8, 4) is 0 Å². The predicted octanol–water partition coefficient (Wildman–Crippen LogP) is 1.44. The lowest BCUT2D eigenvalue weighted by Gasteiger charge is -2.13. The van der Waals surface area contributed by atoms with E-state index in [1.54, 1.807) is 13.2 Å². The zero-order chi connectivity index (χ0) is 16.9. The second kappa shape index (κ2) is 7.16. The van der Waals surface area contributed by atoms with Crippen molar-refractivity contribution in [3.05, 3.63) is 48.0 Å². The Balaban J connectivity index is 1.56. The van der Waals surface area contributed by atoms with Crippen molar-refractivity contribution >= 4 is 17.0 Å². The minimum atomic E-state index is 0.684. The van der Waals surface area contributed by atoms with Gasteiger partial charge in [0.15, 0.2) is 5.96 Å². The van der Waals surface area contributed by atoms with Gasteiger partial charge >= 0.3 is 0 Å². The summed E-state index contributed by atoms with van der Waals surface area (Å²) in [5, 5.41) is 10.8. The van der Waals surface area contributed by atoms with Crippen LogP contribution in [0.3, 0.4) is 0 Å². The van der Waals surface area contributed by atoms with Crippen LogP contribution in [0, 0.1) is 6.92 Å². The van der Waals surface area contributed by atoms with Gasteiger partial charge in [-0.25, -0.2) is 4.98 Å². The molecule has 24 heavy (non-hydrogen) atoms. The van der Waals surface area contributed by atoms with Crippen LogP contribution in [0.2, 0.25) is 0 Å². The van der Waals surface area contributed by atoms with E-state index in [-0.39, 0.29) is 0 Å². The van der Waals surface area contributed by atoms with Crippen LogP contribution in [-0.2, 0) is 20.1 Å². The van der Waals surface area contributed by atoms with Crippen LogP contribution in [-0.4, -0.2) is 38.9 Å². The highest BCUT2D eigenvalue weighted by molar-refractivity contribution is 5.79. The Morgan fingerprint density at radius 1 is 1.21 bits per heavy atom. The molecule has 3 aromatic rings. The lowest BCUT2D eigenvalue weighted by molar-refractivity contribution is 0.650. The number of aliphatic imine (C=N–C) groups is 1. The molecule has 0 saturated heterocycles. The van der Waals surface area contributed by atoms with Crippen molar-refractivity contribution in [2.45, 2.75) is 20.0 Å². The van der Waals surface area contributed by atoms with Crippen LogP contribution >= 0.6 is 0 Å². The molecule has 2 heterocycles. The molecule has 2 N–H and O–H groups in total. The van der Waals surface area contributed by atoms with E-state index >= 15 is 0 Å². The molecule has 7 heteroatoms. The normalized spacial score (nSPS) is 11.9. The van der Waals surface area contributed by atoms with E-state index in [4.69, 9.17) is 0 Å². The first-order valence-corrected chi connectivity index (χ1v) is 8.02. The molecule has 3 rings (SSSR count). The summed E-state index contributed by atoms with van der Waals surface area (Å²) in [4.78, 5) is 8.85. The molecule has 0 fully saturated rings. The molecule has 0 aliphatic heterocycles. The van der Waals surface area contributed by atoms with Gasteiger partial charge in [0, 0.05) is 33.4 Å². The summed E-state index contributed by atoms with van der Waals surface area (Å²) in [6.45, 7) is 4.32. The lowest BCUT2D eigenvalue weighted by Crippen LogP contribution is -2.38. The average molecular weight is 325 g/mol. The van der Waals surface area contributed by atoms with Gasteiger partial charge in [0.25, 0.3) is 0 Å². The van der Waals surface area contributed by atoms with Crippen molar-refractivity contribution in [3.63, 3.8) is 0 Å². The van der Waals surface area contributed by atoms with Crippen LogP contribution in [0.25, 0.3) is 11.0 Å². The van der Waals surface area contributed by atoms with Gasteiger partial charge in [-0.1, -0.05) is 12.1 Å². The third-order valence-corrected chi connectivity index (χ3v) is 4.06. The van der Waals surface area contributed by atoms with Gasteiger partial charge in [-0.05, 0) is 25.1 Å². The van der Waals surface area contributed by atoms with Crippen molar-refractivity contribution in [2.24, 2.45) is 12.0 Å². The maximum Gasteiger partial charge on any atom is 0.191 e. The number of para-hydroxylation sites is 2. The van der Waals surface area contributed by atoms with Gasteiger partial charge in [-0.3, -0.25) is 9.67 Å². The first-order valence-electron chi connectivity index (χ1n) is 8.02. The highest BCUT2D eigenvalue weighted by atomic mass is 15.3. The number of hydrogen-bond donors (Lipinski definition) is 2. The number of nitrogens with zero attached hydrogens (tertiary/aromatic N) is 5. The second-order valence-corrected chi connectivity index (χ2v) is 5.60. The van der Waals surface area contributed by atoms with Gasteiger partial charge < -0.3 is 15.2 Å². The van der Waals surface area contributed by atoms with Crippen molar-refractivity contribution in [2.75, 3.05) is 13.6 Å². The van der Waals surface area contributed by atoms with E-state index < -0.39 is 0 Å². The van der Waals surface area contributed by atoms with Crippen LogP contribution in [0.5, 0.6) is 0 Å². The van der Waals surface area contributed by atoms with Gasteiger partial charge in [0.1, 0.15) is 5.82 Å². The number of aryl methyl sites for hydroxylation is 2. The molecular formula is C17H23N7. The smallest absolute Gasteiger partial charge is 0.191 e. The van der Waals surface area contributed by atoms with E-state index in [0.29, 0.717) is 6.54 Å². The zero-order valence-corrected chi connectivity index (χ0v) is 14.3. The third-order valence-electron chi connectivity index (χ3n) is 4.06. The molecule has 2 aromatic heterocycles. The molecule has 0 saturated carbocycles. The van der Waals surface area contributed by atoms with Crippen molar-refractivity contribution in [1.82, 2.24) is 30.0 Å². The Kier molecular flexibility index (Phi) is 4.79. The molecule has 7 nitrogen and oxygen atoms in total. The molecule has 0 unspecified atom stereocenters. The fourth-order valence-electron chi connectivity index (χ4n) is 2.73. The molecule has 0 radical (unpaired) electrons. The summed E-state index contributed by atoms with van der Waals surface area (Å²) in [7, 11) is 3.70. The Bertz CT molecular complexity index is 844. The lowest BCUT2D eigenvalue weighted by atomic mass is 10.3. The van der Waals surface area contributed by atoms with Crippen LogP contribution in [0.15, 0.2) is 41.5 Å². The Hall–Kier alpha value is -2.83. The largest absolute Gasteiger partial charge is 0.355 e. The number of hydrogen-bond acceptors (Lipinski definition) is 3. The standard InChI is InChI=1S/C17H23N7/c1-13-22-15-6-4-5-7-16(15)24(13)11-10-19-17(18-2)20-12-14-8-9-21-23(14)3/h4-9H,10-12H2,1-3H3,(H2,18,19,20). The zero-order valence-electron chi connectivity index (χ0n) is 14.3. The summed E-state index contributed by atoms with van der Waals surface area (Å²) < 4.78 is 4.07. The van der Waals surface area contributed by atoms with Gasteiger partial charge in [-0.2, -0.15) is 5.10 Å². The molecule has 1 aromatic carbocycles. The monoisotopic (exact) mass is 325 g/mol. The number of nitrogens with one attached hydrogen (secondary N) is 2. The predicted molar refractivity (Wildman–Crippen MR) is 95.9 cm³/mol. The minimum Gasteiger partial charge on any atom is -0.355 e. The summed E-state index contributed by atoms with van der Waals surface area (Å²) in [5.74, 6) is 1.80. The Morgan fingerprint density at radius 2 is 2.04 bits per heavy atom.